The van der Waals surface area contributed by atoms with Crippen LogP contribution in [0.1, 0.15) is 6.42 Å². The molecular weight excluding hydrogens is 238 g/mol. The number of halogens is 3. The zero-order chi connectivity index (χ0) is 11.7. The van der Waals surface area contributed by atoms with Gasteiger partial charge in [0.15, 0.2) is 11.6 Å². The number of hydrogen-bond donors (Lipinski definition) is 0. The first-order valence-electron chi connectivity index (χ1n) is 4.90. The average molecular weight is 249 g/mol. The van der Waals surface area contributed by atoms with E-state index in [-0.39, 0.29) is 23.3 Å². The van der Waals surface area contributed by atoms with Crippen LogP contribution in [0.15, 0.2) is 18.2 Å². The molecule has 2 rings (SSSR count). The van der Waals surface area contributed by atoms with Crippen LogP contribution in [0.2, 0.25) is 0 Å². The van der Waals surface area contributed by atoms with Crippen LogP contribution in [0.3, 0.4) is 0 Å². The highest BCUT2D eigenvalue weighted by Gasteiger charge is 2.42. The van der Waals surface area contributed by atoms with Crippen molar-refractivity contribution in [3.05, 3.63) is 29.8 Å². The molecule has 16 heavy (non-hydrogen) atoms. The Kier molecular flexibility index (Phi) is 3.30. The van der Waals surface area contributed by atoms with Crippen molar-refractivity contribution < 1.29 is 18.3 Å². The van der Waals surface area contributed by atoms with Crippen LogP contribution >= 0.6 is 11.6 Å². The van der Waals surface area contributed by atoms with Gasteiger partial charge in [-0.05, 0) is 12.1 Å². The number of rotatable bonds is 3. The van der Waals surface area contributed by atoms with E-state index in [1.807, 2.05) is 0 Å². The van der Waals surface area contributed by atoms with Crippen molar-refractivity contribution in [2.45, 2.75) is 24.0 Å². The van der Waals surface area contributed by atoms with Gasteiger partial charge in [0.1, 0.15) is 18.0 Å². The van der Waals surface area contributed by atoms with Crippen molar-refractivity contribution in [3.8, 4) is 5.75 Å². The van der Waals surface area contributed by atoms with E-state index in [4.69, 9.17) is 21.1 Å². The minimum absolute atomic E-state index is 0.101. The molecule has 3 unspecified atom stereocenters. The van der Waals surface area contributed by atoms with Crippen molar-refractivity contribution in [2.75, 3.05) is 7.11 Å². The van der Waals surface area contributed by atoms with E-state index < -0.39 is 11.6 Å². The zero-order valence-corrected chi connectivity index (χ0v) is 9.38. The summed E-state index contributed by atoms with van der Waals surface area (Å²) in [6.45, 7) is 0. The normalized spacial score (nSPS) is 28.6. The Morgan fingerprint density at radius 1 is 1.38 bits per heavy atom. The third kappa shape index (κ3) is 2.13. The topological polar surface area (TPSA) is 18.5 Å². The maximum Gasteiger partial charge on any atom is 0.165 e. The number of methoxy groups -OCH3 is 1. The second-order valence-electron chi connectivity index (χ2n) is 3.68. The summed E-state index contributed by atoms with van der Waals surface area (Å²) >= 11 is 5.87. The lowest BCUT2D eigenvalue weighted by atomic mass is 9.91. The lowest BCUT2D eigenvalue weighted by molar-refractivity contribution is -0.0597. The first-order chi connectivity index (χ1) is 7.61. The molecule has 0 spiro atoms. The monoisotopic (exact) mass is 248 g/mol. The molecule has 0 N–H and O–H groups in total. The van der Waals surface area contributed by atoms with Gasteiger partial charge in [-0.25, -0.2) is 8.78 Å². The Hall–Kier alpha value is -0.870. The molecule has 1 aliphatic rings. The summed E-state index contributed by atoms with van der Waals surface area (Å²) in [5, 5.41) is -0.133. The van der Waals surface area contributed by atoms with Crippen molar-refractivity contribution in [2.24, 2.45) is 0 Å². The summed E-state index contributed by atoms with van der Waals surface area (Å²) in [6, 6.07) is 3.09. The molecule has 0 saturated heterocycles. The van der Waals surface area contributed by atoms with E-state index in [0.29, 0.717) is 6.42 Å². The average Bonchev–Trinajstić information content (AvgIpc) is 2.23. The minimum Gasteiger partial charge on any atom is -0.484 e. The Bertz CT molecular complexity index is 386. The number of hydrogen-bond acceptors (Lipinski definition) is 2. The van der Waals surface area contributed by atoms with Crippen LogP contribution in [0.5, 0.6) is 5.75 Å². The number of alkyl halides is 1. The van der Waals surface area contributed by atoms with Crippen LogP contribution in [0.4, 0.5) is 8.78 Å². The van der Waals surface area contributed by atoms with Crippen LogP contribution in [0.25, 0.3) is 0 Å². The maximum atomic E-state index is 13.3. The molecule has 0 amide bonds. The predicted octanol–water partition coefficient (Wildman–Crippen LogP) is 2.74. The molecule has 0 bridgehead atoms. The van der Waals surface area contributed by atoms with Crippen molar-refractivity contribution in [1.29, 1.82) is 0 Å². The van der Waals surface area contributed by atoms with Gasteiger partial charge in [-0.2, -0.15) is 0 Å². The quantitative estimate of drug-likeness (QED) is 0.766. The Morgan fingerprint density at radius 2 is 2.12 bits per heavy atom. The molecular formula is C11H11ClF2O2. The smallest absolute Gasteiger partial charge is 0.165 e. The van der Waals surface area contributed by atoms with Gasteiger partial charge in [0.25, 0.3) is 0 Å². The summed E-state index contributed by atoms with van der Waals surface area (Å²) in [6.07, 6.45) is -0.0242. The van der Waals surface area contributed by atoms with E-state index in [2.05, 4.69) is 0 Å². The minimum atomic E-state index is -0.589. The first-order valence-corrected chi connectivity index (χ1v) is 5.34. The van der Waals surface area contributed by atoms with Crippen LogP contribution in [0, 0.1) is 11.6 Å². The van der Waals surface area contributed by atoms with Gasteiger partial charge in [0.2, 0.25) is 0 Å². The molecule has 1 aromatic rings. The summed E-state index contributed by atoms with van der Waals surface area (Å²) in [5.41, 5.74) is 0. The second-order valence-corrected chi connectivity index (χ2v) is 4.24. The van der Waals surface area contributed by atoms with Gasteiger partial charge in [0, 0.05) is 19.6 Å². The molecule has 5 heteroatoms. The van der Waals surface area contributed by atoms with Crippen LogP contribution < -0.4 is 4.74 Å². The zero-order valence-electron chi connectivity index (χ0n) is 8.62. The number of ether oxygens (including phenoxy) is 2. The molecule has 1 aromatic carbocycles. The molecule has 2 nitrogen and oxygen atoms in total. The predicted molar refractivity (Wildman–Crippen MR) is 55.8 cm³/mol. The highest BCUT2D eigenvalue weighted by atomic mass is 35.5. The fraction of sp³-hybridized carbons (Fsp3) is 0.455. The van der Waals surface area contributed by atoms with Crippen molar-refractivity contribution in [3.63, 3.8) is 0 Å². The second kappa shape index (κ2) is 4.55. The van der Waals surface area contributed by atoms with Gasteiger partial charge < -0.3 is 9.47 Å². The summed E-state index contributed by atoms with van der Waals surface area (Å²) in [5.74, 6) is -1.22. The molecule has 0 heterocycles. The molecule has 0 radical (unpaired) electrons. The molecule has 88 valence electrons. The largest absolute Gasteiger partial charge is 0.484 e. The highest BCUT2D eigenvalue weighted by molar-refractivity contribution is 6.21. The Morgan fingerprint density at radius 3 is 2.75 bits per heavy atom. The van der Waals surface area contributed by atoms with E-state index in [1.54, 1.807) is 0 Å². The molecule has 3 atom stereocenters. The van der Waals surface area contributed by atoms with E-state index in [0.717, 1.165) is 18.2 Å². The SMILES string of the molecule is COC1C(Cl)CC1Oc1cc(F)ccc1F. The molecule has 1 saturated carbocycles. The third-order valence-corrected chi connectivity index (χ3v) is 3.05. The molecule has 1 aliphatic carbocycles. The van der Waals surface area contributed by atoms with Crippen molar-refractivity contribution in [1.82, 2.24) is 0 Å². The van der Waals surface area contributed by atoms with Gasteiger partial charge in [-0.15, -0.1) is 11.6 Å². The molecule has 1 fully saturated rings. The van der Waals surface area contributed by atoms with Crippen molar-refractivity contribution >= 4 is 11.6 Å². The van der Waals surface area contributed by atoms with Gasteiger partial charge in [0.05, 0.1) is 5.38 Å². The fourth-order valence-electron chi connectivity index (χ4n) is 1.67. The maximum absolute atomic E-state index is 13.3. The Balaban J connectivity index is 2.07. The van der Waals surface area contributed by atoms with E-state index >= 15 is 0 Å². The van der Waals surface area contributed by atoms with Gasteiger partial charge in [-0.3, -0.25) is 0 Å². The Labute approximate surface area is 97.1 Å². The third-order valence-electron chi connectivity index (χ3n) is 2.62. The number of benzene rings is 1. The summed E-state index contributed by atoms with van der Waals surface area (Å²) in [4.78, 5) is 0. The van der Waals surface area contributed by atoms with E-state index in [9.17, 15) is 8.78 Å². The van der Waals surface area contributed by atoms with E-state index in [1.165, 1.54) is 7.11 Å². The summed E-state index contributed by atoms with van der Waals surface area (Å²) < 4.78 is 36.5. The highest BCUT2D eigenvalue weighted by Crippen LogP contribution is 2.33. The molecule has 0 aliphatic heterocycles. The molecule has 0 aromatic heterocycles. The fourth-order valence-corrected chi connectivity index (χ4v) is 2.11. The van der Waals surface area contributed by atoms with Crippen LogP contribution in [-0.2, 0) is 4.74 Å². The summed E-state index contributed by atoms with van der Waals surface area (Å²) in [7, 11) is 1.51. The first kappa shape index (κ1) is 11.6. The van der Waals surface area contributed by atoms with Gasteiger partial charge in [-0.1, -0.05) is 0 Å². The standard InChI is InChI=1S/C11H11ClF2O2/c1-15-11-7(12)5-10(11)16-9-4-6(13)2-3-8(9)14/h2-4,7,10-11H,5H2,1H3. The van der Waals surface area contributed by atoms with Crippen LogP contribution in [-0.4, -0.2) is 24.7 Å². The lowest BCUT2D eigenvalue weighted by Crippen LogP contribution is -2.52. The van der Waals surface area contributed by atoms with Gasteiger partial charge >= 0.3 is 0 Å². The lowest BCUT2D eigenvalue weighted by Gasteiger charge is -2.39.